The first kappa shape index (κ1) is 21.9. The Morgan fingerprint density at radius 2 is 1.90 bits per heavy atom. The number of nitrogens with zero attached hydrogens (tertiary/aromatic N) is 2. The summed E-state index contributed by atoms with van der Waals surface area (Å²) in [5.74, 6) is 0.650. The van der Waals surface area contributed by atoms with Crippen molar-refractivity contribution in [1.29, 1.82) is 0 Å². The molecule has 2 aromatic carbocycles. The summed E-state index contributed by atoms with van der Waals surface area (Å²) in [6, 6.07) is 16.9. The van der Waals surface area contributed by atoms with Gasteiger partial charge in [-0.3, -0.25) is 9.69 Å². The number of aromatic amines is 1. The zero-order chi connectivity index (χ0) is 22.0. The SMILES string of the molecule is CC(C)NC(=O)[C@@H]1C[C@@H](Sc2nc3ccccc3[nH]2)CN1Cc1ccc(C(C)C)cc1. The summed E-state index contributed by atoms with van der Waals surface area (Å²) < 4.78 is 0. The van der Waals surface area contributed by atoms with Gasteiger partial charge in [-0.05, 0) is 49.4 Å². The number of imidazole rings is 1. The molecule has 2 atom stereocenters. The van der Waals surface area contributed by atoms with Gasteiger partial charge in [-0.25, -0.2) is 4.98 Å². The number of fused-ring (bicyclic) bond motifs is 1. The van der Waals surface area contributed by atoms with Crippen LogP contribution in [0, 0.1) is 0 Å². The van der Waals surface area contributed by atoms with Crippen molar-refractivity contribution < 1.29 is 4.79 Å². The van der Waals surface area contributed by atoms with Crippen LogP contribution in [0.2, 0.25) is 0 Å². The van der Waals surface area contributed by atoms with Gasteiger partial charge in [0, 0.05) is 24.4 Å². The van der Waals surface area contributed by atoms with Crippen LogP contribution < -0.4 is 5.32 Å². The number of carbonyl (C=O) groups is 1. The van der Waals surface area contributed by atoms with E-state index in [0.717, 1.165) is 35.7 Å². The standard InChI is InChI=1S/C25H32N4OS/c1-16(2)19-11-9-18(10-12-19)14-29-15-20(13-23(29)24(30)26-17(3)4)31-25-27-21-7-5-6-8-22(21)28-25/h5-12,16-17,20,23H,13-15H2,1-4H3,(H,26,30)(H,27,28)/t20-,23+/m1/s1. The molecule has 4 rings (SSSR count). The Morgan fingerprint density at radius 1 is 1.16 bits per heavy atom. The molecule has 0 unspecified atom stereocenters. The fourth-order valence-corrected chi connectivity index (χ4v) is 5.34. The fourth-order valence-electron chi connectivity index (χ4n) is 4.16. The summed E-state index contributed by atoms with van der Waals surface area (Å²) in [5, 5.41) is 4.36. The molecule has 3 aromatic rings. The number of rotatable bonds is 7. The van der Waals surface area contributed by atoms with Crippen molar-refractivity contribution >= 4 is 28.7 Å². The number of carbonyl (C=O) groups excluding carboxylic acids is 1. The highest BCUT2D eigenvalue weighted by atomic mass is 32.2. The molecule has 2 heterocycles. The van der Waals surface area contributed by atoms with Crippen LogP contribution in [0.1, 0.15) is 51.2 Å². The van der Waals surface area contributed by atoms with Crippen molar-refractivity contribution in [2.45, 2.75) is 69.1 Å². The van der Waals surface area contributed by atoms with Gasteiger partial charge < -0.3 is 10.3 Å². The van der Waals surface area contributed by atoms with Gasteiger partial charge in [-0.1, -0.05) is 62.0 Å². The average molecular weight is 437 g/mol. The lowest BCUT2D eigenvalue weighted by Crippen LogP contribution is -2.45. The molecule has 1 aliphatic rings. The second kappa shape index (κ2) is 9.45. The first-order chi connectivity index (χ1) is 14.9. The van der Waals surface area contributed by atoms with Crippen molar-refractivity contribution in [2.24, 2.45) is 0 Å². The van der Waals surface area contributed by atoms with E-state index in [9.17, 15) is 4.79 Å². The maximum Gasteiger partial charge on any atom is 0.237 e. The number of thioether (sulfide) groups is 1. The predicted octanol–water partition coefficient (Wildman–Crippen LogP) is 4.95. The minimum atomic E-state index is -0.117. The highest BCUT2D eigenvalue weighted by molar-refractivity contribution is 7.99. The lowest BCUT2D eigenvalue weighted by atomic mass is 10.0. The smallest absolute Gasteiger partial charge is 0.237 e. The van der Waals surface area contributed by atoms with Gasteiger partial charge in [0.25, 0.3) is 0 Å². The molecule has 31 heavy (non-hydrogen) atoms. The normalized spacial score (nSPS) is 19.5. The van der Waals surface area contributed by atoms with Crippen molar-refractivity contribution in [2.75, 3.05) is 6.54 Å². The van der Waals surface area contributed by atoms with Crippen LogP contribution in [0.4, 0.5) is 0 Å². The molecule has 164 valence electrons. The zero-order valence-corrected chi connectivity index (χ0v) is 19.6. The van der Waals surface area contributed by atoms with Gasteiger partial charge in [0.05, 0.1) is 17.1 Å². The number of hydrogen-bond acceptors (Lipinski definition) is 4. The summed E-state index contributed by atoms with van der Waals surface area (Å²) in [6.07, 6.45) is 0.824. The molecule has 1 amide bonds. The Labute approximate surface area is 189 Å². The quantitative estimate of drug-likeness (QED) is 0.550. The number of nitrogens with one attached hydrogen (secondary N) is 2. The first-order valence-electron chi connectivity index (χ1n) is 11.1. The Bertz CT molecular complexity index is 994. The molecule has 1 fully saturated rings. The second-order valence-electron chi connectivity index (χ2n) is 9.04. The van der Waals surface area contributed by atoms with Crippen LogP contribution in [0.15, 0.2) is 53.7 Å². The molecule has 2 N–H and O–H groups in total. The maximum atomic E-state index is 13.0. The molecular formula is C25H32N4OS. The van der Waals surface area contributed by atoms with Crippen LogP contribution in [-0.2, 0) is 11.3 Å². The van der Waals surface area contributed by atoms with Crippen LogP contribution >= 0.6 is 11.8 Å². The monoisotopic (exact) mass is 436 g/mol. The van der Waals surface area contributed by atoms with E-state index >= 15 is 0 Å². The molecule has 1 saturated heterocycles. The Morgan fingerprint density at radius 3 is 2.58 bits per heavy atom. The number of benzene rings is 2. The number of para-hydroxylation sites is 2. The lowest BCUT2D eigenvalue weighted by molar-refractivity contribution is -0.126. The van der Waals surface area contributed by atoms with Gasteiger partial charge >= 0.3 is 0 Å². The van der Waals surface area contributed by atoms with Crippen molar-refractivity contribution in [3.8, 4) is 0 Å². The van der Waals surface area contributed by atoms with Gasteiger partial charge in [0.15, 0.2) is 5.16 Å². The highest BCUT2D eigenvalue weighted by Crippen LogP contribution is 2.33. The van der Waals surface area contributed by atoms with E-state index in [1.165, 1.54) is 11.1 Å². The minimum absolute atomic E-state index is 0.117. The van der Waals surface area contributed by atoms with Crippen LogP contribution in [0.3, 0.4) is 0 Å². The third kappa shape index (κ3) is 5.31. The number of amides is 1. The maximum absolute atomic E-state index is 13.0. The number of hydrogen-bond donors (Lipinski definition) is 2. The molecule has 1 aliphatic heterocycles. The Hall–Kier alpha value is -2.31. The molecule has 0 bridgehead atoms. The Balaban J connectivity index is 1.49. The lowest BCUT2D eigenvalue weighted by Gasteiger charge is -2.24. The van der Waals surface area contributed by atoms with E-state index in [2.05, 4.69) is 53.3 Å². The number of likely N-dealkylation sites (tertiary alicyclic amines) is 1. The van der Waals surface area contributed by atoms with Gasteiger partial charge in [-0.15, -0.1) is 0 Å². The van der Waals surface area contributed by atoms with Gasteiger partial charge in [-0.2, -0.15) is 0 Å². The van der Waals surface area contributed by atoms with Crippen LogP contribution in [0.5, 0.6) is 0 Å². The largest absolute Gasteiger partial charge is 0.353 e. The molecule has 6 heteroatoms. The summed E-state index contributed by atoms with van der Waals surface area (Å²) >= 11 is 1.75. The zero-order valence-electron chi connectivity index (χ0n) is 18.8. The molecule has 0 spiro atoms. The van der Waals surface area contributed by atoms with E-state index in [1.54, 1.807) is 11.8 Å². The van der Waals surface area contributed by atoms with Gasteiger partial charge in [0.1, 0.15) is 0 Å². The summed E-state index contributed by atoms with van der Waals surface area (Å²) in [7, 11) is 0. The molecule has 0 aliphatic carbocycles. The summed E-state index contributed by atoms with van der Waals surface area (Å²) in [5.41, 5.74) is 4.64. The number of H-pyrrole nitrogens is 1. The summed E-state index contributed by atoms with van der Waals surface area (Å²) in [6.45, 7) is 10.1. The highest BCUT2D eigenvalue weighted by Gasteiger charge is 2.37. The Kier molecular flexibility index (Phi) is 6.68. The van der Waals surface area contributed by atoms with E-state index in [-0.39, 0.29) is 18.0 Å². The molecule has 1 aromatic heterocycles. The third-order valence-electron chi connectivity index (χ3n) is 5.78. The van der Waals surface area contributed by atoms with Crippen molar-refractivity contribution in [3.63, 3.8) is 0 Å². The van der Waals surface area contributed by atoms with Crippen molar-refractivity contribution in [3.05, 3.63) is 59.7 Å². The topological polar surface area (TPSA) is 61.0 Å². The second-order valence-corrected chi connectivity index (χ2v) is 10.3. The van der Waals surface area contributed by atoms with E-state index in [1.807, 2.05) is 38.1 Å². The fraction of sp³-hybridized carbons (Fsp3) is 0.440. The minimum Gasteiger partial charge on any atom is -0.353 e. The predicted molar refractivity (Wildman–Crippen MR) is 128 cm³/mol. The molecular weight excluding hydrogens is 404 g/mol. The summed E-state index contributed by atoms with van der Waals surface area (Å²) in [4.78, 5) is 23.4. The average Bonchev–Trinajstić information content (AvgIpc) is 3.31. The van der Waals surface area contributed by atoms with E-state index < -0.39 is 0 Å². The third-order valence-corrected chi connectivity index (χ3v) is 6.87. The van der Waals surface area contributed by atoms with E-state index in [4.69, 9.17) is 4.98 Å². The van der Waals surface area contributed by atoms with Gasteiger partial charge in [0.2, 0.25) is 5.91 Å². The molecule has 0 radical (unpaired) electrons. The molecule has 0 saturated carbocycles. The van der Waals surface area contributed by atoms with Crippen LogP contribution in [-0.4, -0.2) is 44.7 Å². The molecule has 5 nitrogen and oxygen atoms in total. The van der Waals surface area contributed by atoms with Crippen molar-refractivity contribution in [1.82, 2.24) is 20.2 Å². The number of aromatic nitrogens is 2. The van der Waals surface area contributed by atoms with Crippen LogP contribution in [0.25, 0.3) is 11.0 Å². The first-order valence-corrected chi connectivity index (χ1v) is 12.0. The van der Waals surface area contributed by atoms with E-state index in [0.29, 0.717) is 11.2 Å².